The molecule has 1 saturated heterocycles. The first-order chi connectivity index (χ1) is 15.4. The van der Waals surface area contributed by atoms with E-state index in [4.69, 9.17) is 20.9 Å². The molecule has 3 heterocycles. The zero-order valence-corrected chi connectivity index (χ0v) is 18.9. The molecule has 2 amide bonds. The molecule has 9 heteroatoms. The molecule has 8 nitrogen and oxygen atoms in total. The molecule has 1 aliphatic rings. The molecule has 32 heavy (non-hydrogen) atoms. The highest BCUT2D eigenvalue weighted by atomic mass is 35.5. The van der Waals surface area contributed by atoms with Crippen molar-refractivity contribution in [3.8, 4) is 11.8 Å². The molecule has 1 fully saturated rings. The van der Waals surface area contributed by atoms with E-state index < -0.39 is 0 Å². The van der Waals surface area contributed by atoms with Gasteiger partial charge >= 0.3 is 12.0 Å². The predicted molar refractivity (Wildman–Crippen MR) is 122 cm³/mol. The number of anilines is 1. The van der Waals surface area contributed by atoms with Gasteiger partial charge in [-0.05, 0) is 43.9 Å². The predicted octanol–water partition coefficient (Wildman–Crippen LogP) is 5.48. The number of hydrogen-bond donors (Lipinski definition) is 1. The highest BCUT2D eigenvalue weighted by molar-refractivity contribution is 6.30. The minimum Gasteiger partial charge on any atom is -0.424 e. The number of aryl methyl sites for hydroxylation is 1. The number of carbonyl (C=O) groups is 1. The summed E-state index contributed by atoms with van der Waals surface area (Å²) in [5.74, 6) is 1.27. The van der Waals surface area contributed by atoms with Crippen LogP contribution in [0.3, 0.4) is 0 Å². The summed E-state index contributed by atoms with van der Waals surface area (Å²) in [5, 5.41) is 7.16. The fraction of sp³-hybridized carbons (Fsp3) is 0.304. The minimum atomic E-state index is -0.173. The van der Waals surface area contributed by atoms with E-state index in [0.717, 1.165) is 23.2 Å². The van der Waals surface area contributed by atoms with Gasteiger partial charge in [0.15, 0.2) is 0 Å². The number of halogens is 1. The van der Waals surface area contributed by atoms with Crippen LogP contribution in [-0.2, 0) is 0 Å². The Labute approximate surface area is 191 Å². The average Bonchev–Trinajstić information content (AvgIpc) is 3.09. The summed E-state index contributed by atoms with van der Waals surface area (Å²) in [6.45, 7) is 7.09. The lowest BCUT2D eigenvalue weighted by atomic mass is 9.91. The molecular weight excluding hydrogens is 430 g/mol. The third-order valence-corrected chi connectivity index (χ3v) is 5.67. The van der Waals surface area contributed by atoms with Crippen molar-refractivity contribution in [2.24, 2.45) is 5.92 Å². The lowest BCUT2D eigenvalue weighted by molar-refractivity contribution is 0.197. The van der Waals surface area contributed by atoms with Crippen LogP contribution in [0.2, 0.25) is 5.02 Å². The fourth-order valence-corrected chi connectivity index (χ4v) is 3.59. The van der Waals surface area contributed by atoms with E-state index >= 15 is 0 Å². The van der Waals surface area contributed by atoms with Gasteiger partial charge in [-0.1, -0.05) is 47.5 Å². The Morgan fingerprint density at radius 3 is 2.78 bits per heavy atom. The maximum absolute atomic E-state index is 12.6. The Kier molecular flexibility index (Phi) is 6.41. The van der Waals surface area contributed by atoms with E-state index in [9.17, 15) is 4.79 Å². The number of hydrogen-bond acceptors (Lipinski definition) is 6. The Morgan fingerprint density at radius 1 is 1.31 bits per heavy atom. The summed E-state index contributed by atoms with van der Waals surface area (Å²) < 4.78 is 10.9. The van der Waals surface area contributed by atoms with Crippen LogP contribution in [0.25, 0.3) is 6.08 Å². The Hall–Kier alpha value is -3.39. The zero-order chi connectivity index (χ0) is 22.7. The number of rotatable bonds is 4. The second-order valence-corrected chi connectivity index (χ2v) is 8.26. The van der Waals surface area contributed by atoms with Gasteiger partial charge in [-0.15, -0.1) is 0 Å². The van der Waals surface area contributed by atoms with Crippen LogP contribution in [0, 0.1) is 19.8 Å². The molecule has 0 radical (unpaired) electrons. The van der Waals surface area contributed by atoms with Crippen LogP contribution in [0.4, 0.5) is 10.7 Å². The van der Waals surface area contributed by atoms with Crippen LogP contribution >= 0.6 is 11.6 Å². The first-order valence-electron chi connectivity index (χ1n) is 10.3. The van der Waals surface area contributed by atoms with Gasteiger partial charge in [-0.2, -0.15) is 0 Å². The van der Waals surface area contributed by atoms with E-state index in [1.165, 1.54) is 18.0 Å². The Morgan fingerprint density at radius 2 is 2.09 bits per heavy atom. The summed E-state index contributed by atoms with van der Waals surface area (Å²) in [4.78, 5) is 22.6. The van der Waals surface area contributed by atoms with Crippen LogP contribution in [-0.4, -0.2) is 39.1 Å². The topological polar surface area (TPSA) is 93.4 Å². The lowest BCUT2D eigenvalue weighted by Gasteiger charge is -2.33. The molecule has 0 saturated carbocycles. The van der Waals surface area contributed by atoms with Gasteiger partial charge in [-0.25, -0.2) is 14.8 Å². The molecule has 166 valence electrons. The van der Waals surface area contributed by atoms with Crippen molar-refractivity contribution in [2.45, 2.75) is 27.2 Å². The van der Waals surface area contributed by atoms with Crippen molar-refractivity contribution < 1.29 is 14.1 Å². The zero-order valence-electron chi connectivity index (χ0n) is 18.1. The maximum Gasteiger partial charge on any atom is 0.324 e. The number of piperidine rings is 1. The van der Waals surface area contributed by atoms with Crippen LogP contribution in [0.15, 0.2) is 46.8 Å². The number of nitrogens with one attached hydrogen (secondary N) is 1. The molecule has 3 aromatic rings. The van der Waals surface area contributed by atoms with Gasteiger partial charge in [0.1, 0.15) is 5.75 Å². The monoisotopic (exact) mass is 453 g/mol. The summed E-state index contributed by atoms with van der Waals surface area (Å²) >= 11 is 5.82. The van der Waals surface area contributed by atoms with Gasteiger partial charge in [0, 0.05) is 18.7 Å². The summed E-state index contributed by atoms with van der Waals surface area (Å²) in [5.41, 5.74) is 3.91. The minimum absolute atomic E-state index is 0.173. The lowest BCUT2D eigenvalue weighted by Crippen LogP contribution is -2.42. The van der Waals surface area contributed by atoms with Crippen molar-refractivity contribution >= 4 is 29.6 Å². The van der Waals surface area contributed by atoms with E-state index in [1.807, 2.05) is 38.1 Å². The van der Waals surface area contributed by atoms with Crippen molar-refractivity contribution in [1.82, 2.24) is 20.0 Å². The van der Waals surface area contributed by atoms with Gasteiger partial charge in [-0.3, -0.25) is 5.32 Å². The highest BCUT2D eigenvalue weighted by Crippen LogP contribution is 2.28. The molecule has 2 aromatic heterocycles. The van der Waals surface area contributed by atoms with Crippen molar-refractivity contribution in [3.05, 3.63) is 64.1 Å². The molecule has 1 aliphatic heterocycles. The smallest absolute Gasteiger partial charge is 0.324 e. The van der Waals surface area contributed by atoms with E-state index in [2.05, 4.69) is 33.4 Å². The first-order valence-corrected chi connectivity index (χ1v) is 10.7. The van der Waals surface area contributed by atoms with Crippen molar-refractivity contribution in [3.63, 3.8) is 0 Å². The number of carbonyl (C=O) groups excluding carboxylic acids is 1. The third kappa shape index (κ3) is 5.08. The SMILES string of the molecule is Cc1noc(NC(=O)N2CC/C(=C\c3cccc(Oc4ncc(Cl)cn4)c3)C(C)C2)c1C. The van der Waals surface area contributed by atoms with Crippen LogP contribution in [0.5, 0.6) is 11.8 Å². The second kappa shape index (κ2) is 9.40. The summed E-state index contributed by atoms with van der Waals surface area (Å²) in [6, 6.07) is 7.79. The summed E-state index contributed by atoms with van der Waals surface area (Å²) in [7, 11) is 0. The quantitative estimate of drug-likeness (QED) is 0.561. The van der Waals surface area contributed by atoms with Crippen molar-refractivity contribution in [1.29, 1.82) is 0 Å². The van der Waals surface area contributed by atoms with Crippen molar-refractivity contribution in [2.75, 3.05) is 18.4 Å². The van der Waals surface area contributed by atoms with E-state index in [1.54, 1.807) is 4.90 Å². The summed E-state index contributed by atoms with van der Waals surface area (Å²) in [6.07, 6.45) is 5.92. The molecule has 0 bridgehead atoms. The maximum atomic E-state index is 12.6. The standard InChI is InChI=1S/C23H24ClN5O3/c1-14-13-29(23(30)27-21-15(2)16(3)28-32-21)8-7-18(14)9-17-5-4-6-20(10-17)31-22-25-11-19(24)12-26-22/h4-6,9-12,14H,7-8,13H2,1-3H3,(H,27,30)/b18-9+. The number of nitrogens with zero attached hydrogens (tertiary/aromatic N) is 4. The normalized spacial score (nSPS) is 17.4. The molecule has 1 aromatic carbocycles. The molecular formula is C23H24ClN5O3. The van der Waals surface area contributed by atoms with Gasteiger partial charge in [0.2, 0.25) is 5.88 Å². The molecule has 1 atom stereocenters. The number of ether oxygens (including phenoxy) is 1. The fourth-order valence-electron chi connectivity index (χ4n) is 3.50. The van der Waals surface area contributed by atoms with Gasteiger partial charge in [0.25, 0.3) is 0 Å². The number of amides is 2. The number of aromatic nitrogens is 3. The van der Waals surface area contributed by atoms with E-state index in [-0.39, 0.29) is 18.0 Å². The molecule has 4 rings (SSSR count). The first kappa shape index (κ1) is 21.8. The van der Waals surface area contributed by atoms with Crippen LogP contribution in [0.1, 0.15) is 30.2 Å². The second-order valence-electron chi connectivity index (χ2n) is 7.83. The van der Waals surface area contributed by atoms with Gasteiger partial charge < -0.3 is 14.2 Å². The Balaban J connectivity index is 1.40. The number of likely N-dealkylation sites (tertiary alicyclic amines) is 1. The molecule has 0 aliphatic carbocycles. The van der Waals surface area contributed by atoms with Gasteiger partial charge in [0.05, 0.1) is 23.1 Å². The molecule has 0 spiro atoms. The Bertz CT molecular complexity index is 1140. The number of benzene rings is 1. The number of urea groups is 1. The molecule has 1 unspecified atom stereocenters. The average molecular weight is 454 g/mol. The van der Waals surface area contributed by atoms with E-state index in [0.29, 0.717) is 29.7 Å². The largest absolute Gasteiger partial charge is 0.424 e. The molecule has 1 N–H and O–H groups in total. The van der Waals surface area contributed by atoms with Crippen LogP contribution < -0.4 is 10.1 Å². The highest BCUT2D eigenvalue weighted by Gasteiger charge is 2.25. The third-order valence-electron chi connectivity index (χ3n) is 5.48.